The van der Waals surface area contributed by atoms with Crippen molar-refractivity contribution in [1.82, 2.24) is 4.90 Å². The minimum atomic E-state index is -2.57. The summed E-state index contributed by atoms with van der Waals surface area (Å²) in [5.41, 5.74) is 0.874. The number of likely N-dealkylation sites (tertiary alicyclic amines) is 1. The molecule has 3 fully saturated rings. The van der Waals surface area contributed by atoms with Crippen molar-refractivity contribution < 1.29 is 18.7 Å². The van der Waals surface area contributed by atoms with Gasteiger partial charge in [-0.1, -0.05) is 13.0 Å². The monoisotopic (exact) mass is 460 g/mol. The molecule has 1 aromatic carbocycles. The van der Waals surface area contributed by atoms with Gasteiger partial charge in [0.1, 0.15) is 0 Å². The Balaban J connectivity index is 1.22. The molecule has 2 saturated heterocycles. The first-order chi connectivity index (χ1) is 15.7. The van der Waals surface area contributed by atoms with E-state index in [2.05, 4.69) is 5.10 Å². The molecule has 0 aromatic heterocycles. The number of hydrogen-bond donors (Lipinski definition) is 1. The van der Waals surface area contributed by atoms with Crippen LogP contribution < -0.4 is 9.91 Å². The molecule has 1 saturated carbocycles. The predicted octanol–water partition coefficient (Wildman–Crippen LogP) is 4.03. The van der Waals surface area contributed by atoms with Crippen LogP contribution in [-0.4, -0.2) is 65.9 Å². The molecule has 3 aliphatic heterocycles. The zero-order chi connectivity index (χ0) is 23.3. The van der Waals surface area contributed by atoms with Crippen molar-refractivity contribution in [1.29, 1.82) is 0 Å². The topological polar surface area (TPSA) is 59.4 Å². The lowest BCUT2D eigenvalue weighted by Crippen LogP contribution is -2.50. The molecule has 3 heterocycles. The van der Waals surface area contributed by atoms with Gasteiger partial charge in [-0.15, -0.1) is 0 Å². The number of rotatable bonds is 5. The fourth-order valence-corrected chi connectivity index (χ4v) is 5.37. The number of aliphatic hydroxyl groups is 1. The summed E-state index contributed by atoms with van der Waals surface area (Å²) in [5.74, 6) is -2.33. The van der Waals surface area contributed by atoms with E-state index in [4.69, 9.17) is 0 Å². The highest BCUT2D eigenvalue weighted by molar-refractivity contribution is 5.85. The third-order valence-electron chi connectivity index (χ3n) is 8.00. The molecule has 1 atom stereocenters. The Labute approximate surface area is 194 Å². The van der Waals surface area contributed by atoms with Crippen LogP contribution in [0.3, 0.4) is 0 Å². The van der Waals surface area contributed by atoms with Gasteiger partial charge in [-0.25, -0.2) is 8.78 Å². The number of carbonyl (C=O) groups is 1. The SMILES string of the molecule is CC1(C(=O)N2CCC(O)(CC3CC=NN3c3cccc(N4CCC(F)(F)CC4)c3)CC2)CC1. The van der Waals surface area contributed by atoms with Gasteiger partial charge in [-0.05, 0) is 50.3 Å². The lowest BCUT2D eigenvalue weighted by atomic mass is 9.84. The Morgan fingerprint density at radius 1 is 1.06 bits per heavy atom. The molecule has 1 aliphatic carbocycles. The fourth-order valence-electron chi connectivity index (χ4n) is 5.37. The van der Waals surface area contributed by atoms with E-state index in [9.17, 15) is 18.7 Å². The second-order valence-corrected chi connectivity index (χ2v) is 10.7. The highest BCUT2D eigenvalue weighted by Gasteiger charge is 2.48. The number of benzene rings is 1. The summed E-state index contributed by atoms with van der Waals surface area (Å²) in [4.78, 5) is 16.6. The Morgan fingerprint density at radius 3 is 2.39 bits per heavy atom. The van der Waals surface area contributed by atoms with Crippen LogP contribution in [0.5, 0.6) is 0 Å². The molecule has 0 spiro atoms. The fraction of sp³-hybridized carbons (Fsp3) is 0.680. The maximum Gasteiger partial charge on any atom is 0.251 e. The second kappa shape index (κ2) is 8.22. The number of hydrogen-bond acceptors (Lipinski definition) is 5. The highest BCUT2D eigenvalue weighted by atomic mass is 19.3. The third-order valence-corrected chi connectivity index (χ3v) is 8.00. The lowest BCUT2D eigenvalue weighted by molar-refractivity contribution is -0.140. The van der Waals surface area contributed by atoms with E-state index in [1.54, 1.807) is 0 Å². The summed E-state index contributed by atoms with van der Waals surface area (Å²) in [6.07, 6.45) is 6.10. The Hall–Kier alpha value is -2.22. The van der Waals surface area contributed by atoms with Crippen molar-refractivity contribution in [3.05, 3.63) is 24.3 Å². The molecule has 6 nitrogen and oxygen atoms in total. The molecule has 0 radical (unpaired) electrons. The van der Waals surface area contributed by atoms with Gasteiger partial charge >= 0.3 is 0 Å². The molecular formula is C25H34F2N4O2. The van der Waals surface area contributed by atoms with Gasteiger partial charge in [0.25, 0.3) is 5.92 Å². The van der Waals surface area contributed by atoms with Crippen LogP contribution in [0.1, 0.15) is 58.3 Å². The zero-order valence-electron chi connectivity index (χ0n) is 19.3. The molecule has 1 amide bonds. The van der Waals surface area contributed by atoms with Crippen molar-refractivity contribution in [3.8, 4) is 0 Å². The molecule has 180 valence electrons. The van der Waals surface area contributed by atoms with E-state index in [-0.39, 0.29) is 30.2 Å². The summed E-state index contributed by atoms with van der Waals surface area (Å²) in [5, 5.41) is 17.9. The number of alkyl halides is 2. The van der Waals surface area contributed by atoms with Crippen LogP contribution in [0.4, 0.5) is 20.2 Å². The largest absolute Gasteiger partial charge is 0.390 e. The van der Waals surface area contributed by atoms with E-state index >= 15 is 0 Å². The minimum absolute atomic E-state index is 0.0409. The molecular weight excluding hydrogens is 426 g/mol. The average molecular weight is 461 g/mol. The van der Waals surface area contributed by atoms with E-state index in [1.807, 2.05) is 52.2 Å². The highest BCUT2D eigenvalue weighted by Crippen LogP contribution is 2.47. The van der Waals surface area contributed by atoms with Gasteiger partial charge < -0.3 is 14.9 Å². The molecule has 1 N–H and O–H groups in total. The zero-order valence-corrected chi connectivity index (χ0v) is 19.3. The number of piperidine rings is 2. The predicted molar refractivity (Wildman–Crippen MR) is 125 cm³/mol. The summed E-state index contributed by atoms with van der Waals surface area (Å²) in [7, 11) is 0. The average Bonchev–Trinajstić information content (AvgIpc) is 3.38. The van der Waals surface area contributed by atoms with Crippen LogP contribution in [0.2, 0.25) is 0 Å². The second-order valence-electron chi connectivity index (χ2n) is 10.7. The normalized spacial score (nSPS) is 27.6. The third kappa shape index (κ3) is 4.72. The first kappa shape index (κ1) is 22.6. The van der Waals surface area contributed by atoms with Crippen LogP contribution in [0.25, 0.3) is 0 Å². The smallest absolute Gasteiger partial charge is 0.251 e. The minimum Gasteiger partial charge on any atom is -0.390 e. The standard InChI is InChI=1S/C25H34F2N4O2/c1-23(6-7-23)22(32)30-13-8-24(33,9-14-30)18-21-5-12-28-31(21)20-4-2-3-19(17-20)29-15-10-25(26,27)11-16-29/h2-4,12,17,21,33H,5-11,13-16,18H2,1H3. The molecule has 8 heteroatoms. The van der Waals surface area contributed by atoms with Crippen molar-refractivity contribution in [2.45, 2.75) is 75.9 Å². The van der Waals surface area contributed by atoms with Crippen LogP contribution >= 0.6 is 0 Å². The van der Waals surface area contributed by atoms with Gasteiger partial charge in [0.05, 0.1) is 17.3 Å². The number of carbonyl (C=O) groups excluding carboxylic acids is 1. The Kier molecular flexibility index (Phi) is 5.62. The number of halogens is 2. The Bertz CT molecular complexity index is 915. The molecule has 4 aliphatic rings. The van der Waals surface area contributed by atoms with E-state index in [0.717, 1.165) is 30.6 Å². The maximum atomic E-state index is 13.6. The van der Waals surface area contributed by atoms with E-state index in [1.165, 1.54) is 0 Å². The van der Waals surface area contributed by atoms with Gasteiger partial charge in [0, 0.05) is 62.8 Å². The summed E-state index contributed by atoms with van der Waals surface area (Å²) >= 11 is 0. The van der Waals surface area contributed by atoms with Crippen molar-refractivity contribution >= 4 is 23.5 Å². The van der Waals surface area contributed by atoms with E-state index in [0.29, 0.717) is 45.4 Å². The Morgan fingerprint density at radius 2 is 1.73 bits per heavy atom. The molecule has 33 heavy (non-hydrogen) atoms. The number of anilines is 2. The van der Waals surface area contributed by atoms with Crippen molar-refractivity contribution in [2.75, 3.05) is 36.1 Å². The quantitative estimate of drug-likeness (QED) is 0.721. The van der Waals surface area contributed by atoms with Gasteiger partial charge in [-0.2, -0.15) is 5.10 Å². The maximum absolute atomic E-state index is 13.6. The van der Waals surface area contributed by atoms with E-state index < -0.39 is 11.5 Å². The van der Waals surface area contributed by atoms with Crippen LogP contribution in [-0.2, 0) is 4.79 Å². The number of amides is 1. The van der Waals surface area contributed by atoms with Crippen molar-refractivity contribution in [2.24, 2.45) is 10.5 Å². The first-order valence-corrected chi connectivity index (χ1v) is 12.2. The molecule has 1 aromatic rings. The van der Waals surface area contributed by atoms with Crippen molar-refractivity contribution in [3.63, 3.8) is 0 Å². The summed E-state index contributed by atoms with van der Waals surface area (Å²) in [6.45, 7) is 3.93. The van der Waals surface area contributed by atoms with Crippen LogP contribution in [0, 0.1) is 5.41 Å². The van der Waals surface area contributed by atoms with Gasteiger partial charge in [0.15, 0.2) is 0 Å². The summed E-state index contributed by atoms with van der Waals surface area (Å²) < 4.78 is 27.1. The number of nitrogens with zero attached hydrogens (tertiary/aromatic N) is 4. The summed E-state index contributed by atoms with van der Waals surface area (Å²) in [6, 6.07) is 7.95. The van der Waals surface area contributed by atoms with Gasteiger partial charge in [-0.3, -0.25) is 9.80 Å². The molecule has 1 unspecified atom stereocenters. The van der Waals surface area contributed by atoms with Gasteiger partial charge in [0.2, 0.25) is 5.91 Å². The first-order valence-electron chi connectivity index (χ1n) is 12.2. The lowest BCUT2D eigenvalue weighted by Gasteiger charge is -2.41. The molecule has 5 rings (SSSR count). The number of hydrazone groups is 1. The van der Waals surface area contributed by atoms with Crippen LogP contribution in [0.15, 0.2) is 29.4 Å². The molecule has 0 bridgehead atoms.